The van der Waals surface area contributed by atoms with Crippen LogP contribution in [-0.4, -0.2) is 30.8 Å². The van der Waals surface area contributed by atoms with E-state index in [-0.39, 0.29) is 59.1 Å². The summed E-state index contributed by atoms with van der Waals surface area (Å²) in [5.74, 6) is 0. The van der Waals surface area contributed by atoms with Gasteiger partial charge in [-0.25, -0.2) is 0 Å². The average molecular weight is 252 g/mol. The van der Waals surface area contributed by atoms with Crippen molar-refractivity contribution in [3.63, 3.8) is 0 Å². The topological polar surface area (TPSA) is 49.4 Å². The Hall–Kier alpha value is 2.76. The van der Waals surface area contributed by atoms with E-state index in [1.165, 1.54) is 0 Å². The molecule has 0 bridgehead atoms. The molecule has 0 aliphatic rings. The van der Waals surface area contributed by atoms with Crippen molar-refractivity contribution in [1.29, 1.82) is 0 Å². The van der Waals surface area contributed by atoms with Gasteiger partial charge in [-0.15, -0.1) is 0 Å². The Balaban J connectivity index is -0.0000000800. The molecule has 0 aliphatic heterocycles. The predicted molar refractivity (Wildman–Crippen MR) is 13.3 cm³/mol. The van der Waals surface area contributed by atoms with Gasteiger partial charge in [0.05, 0.1) is 0 Å². The van der Waals surface area contributed by atoms with Crippen molar-refractivity contribution in [2.24, 2.45) is 0 Å². The first kappa shape index (κ1) is 16.4. The van der Waals surface area contributed by atoms with Gasteiger partial charge >= 0.3 is 101 Å². The summed E-state index contributed by atoms with van der Waals surface area (Å²) in [5, 5.41) is 0. The van der Waals surface area contributed by atoms with E-state index in [1.54, 1.807) is 0 Å². The van der Waals surface area contributed by atoms with Crippen LogP contribution in [0.15, 0.2) is 0 Å². The number of hydrogen-bond donors (Lipinski definition) is 0. The van der Waals surface area contributed by atoms with E-state index >= 15 is 0 Å². The van der Waals surface area contributed by atoms with Crippen LogP contribution in [0.25, 0.3) is 0 Å². The fraction of sp³-hybridized carbons (Fsp3) is 0. The summed E-state index contributed by atoms with van der Waals surface area (Å²) in [5.41, 5.74) is 0. The standard InChI is InChI=1S/2Na.H2O3Se2/c;;1-5(2)3-4/h;;4H,(H,1,2)/q2*+1;/p-2. The predicted octanol–water partition coefficient (Wildman–Crippen LogP) is -8.13. The fourth-order valence-electron chi connectivity index (χ4n) is 0. The maximum absolute atomic E-state index is 9.21. The second-order valence-electron chi connectivity index (χ2n) is 0.272. The molecule has 0 N–H and O–H groups in total. The van der Waals surface area contributed by atoms with Gasteiger partial charge < -0.3 is 0 Å². The van der Waals surface area contributed by atoms with Crippen molar-refractivity contribution in [2.45, 2.75) is 0 Å². The zero-order chi connectivity index (χ0) is 4.28. The molecule has 32 valence electrons. The molecule has 1 atom stereocenters. The molecule has 0 rings (SSSR count). The van der Waals surface area contributed by atoms with Crippen LogP contribution in [0.1, 0.15) is 0 Å². The average Bonchev–Trinajstić information content (AvgIpc) is 1.38. The van der Waals surface area contributed by atoms with E-state index in [0.717, 1.165) is 0 Å². The minimum Gasteiger partial charge on any atom is 1.00 e. The molecule has 0 radical (unpaired) electrons. The molecule has 7 heavy (non-hydrogen) atoms. The third-order valence-corrected chi connectivity index (χ3v) is 1.50. The Morgan fingerprint density at radius 1 is 1.57 bits per heavy atom. The molecule has 0 fully saturated rings. The van der Waals surface area contributed by atoms with Gasteiger partial charge in [-0.3, -0.25) is 0 Å². The van der Waals surface area contributed by atoms with E-state index in [9.17, 15) is 8.02 Å². The summed E-state index contributed by atoms with van der Waals surface area (Å²) in [4.78, 5) is 0. The molecule has 0 spiro atoms. The van der Waals surface area contributed by atoms with E-state index < -0.39 is 14.5 Å². The van der Waals surface area contributed by atoms with Gasteiger partial charge in [-0.2, -0.15) is 0 Å². The van der Waals surface area contributed by atoms with Crippen LogP contribution in [0.5, 0.6) is 0 Å². The molecule has 0 aromatic carbocycles. The van der Waals surface area contributed by atoms with E-state index in [4.69, 9.17) is 0 Å². The van der Waals surface area contributed by atoms with Crippen molar-refractivity contribution in [1.82, 2.24) is 0 Å². The first-order valence-corrected chi connectivity index (χ1v) is 3.46. The maximum Gasteiger partial charge on any atom is 1.00 e. The van der Waals surface area contributed by atoms with Crippen molar-refractivity contribution in [2.75, 3.05) is 0 Å². The van der Waals surface area contributed by atoms with E-state index in [0.29, 0.717) is 0 Å². The van der Waals surface area contributed by atoms with Crippen molar-refractivity contribution in [3.8, 4) is 0 Å². The normalized spacial score (nSPS) is 10.6. The number of rotatable bonds is 1. The molecule has 1 unspecified atom stereocenters. The zero-order valence-corrected chi connectivity index (χ0v) is 11.5. The summed E-state index contributed by atoms with van der Waals surface area (Å²) >= 11 is -1.23. The third kappa shape index (κ3) is 17.7. The zero-order valence-electron chi connectivity index (χ0n) is 4.04. The molecule has 0 saturated carbocycles. The molecule has 0 heterocycles. The number of hydrogen-bond acceptors (Lipinski definition) is 3. The molecule has 0 amide bonds. The SMILES string of the molecule is O=[Se]([O-])O[Se-].[Na+].[Na+]. The quantitative estimate of drug-likeness (QED) is 0.435. The molecular formula is Na2O3Se2. The molecule has 3 nitrogen and oxygen atoms in total. The summed E-state index contributed by atoms with van der Waals surface area (Å²) < 4.78 is 22.1. The first-order valence-electron chi connectivity index (χ1n) is 0.667. The van der Waals surface area contributed by atoms with E-state index in [1.807, 2.05) is 16.3 Å². The van der Waals surface area contributed by atoms with Crippen molar-refractivity contribution in [3.05, 3.63) is 0 Å². The van der Waals surface area contributed by atoms with Gasteiger partial charge in [0.25, 0.3) is 0 Å². The van der Waals surface area contributed by atoms with Gasteiger partial charge in [0, 0.05) is 0 Å². The molecule has 0 aliphatic carbocycles. The molecule has 0 aromatic rings. The molecule has 0 aromatic heterocycles. The second kappa shape index (κ2) is 11.5. The van der Waals surface area contributed by atoms with Crippen LogP contribution in [0, 0.1) is 0 Å². The van der Waals surface area contributed by atoms with Crippen LogP contribution in [-0.2, 0) is 6.74 Å². The van der Waals surface area contributed by atoms with Gasteiger partial charge in [0.1, 0.15) is 0 Å². The maximum atomic E-state index is 9.21. The van der Waals surface area contributed by atoms with Crippen molar-refractivity contribution < 1.29 is 70.0 Å². The Labute approximate surface area is 99.0 Å². The van der Waals surface area contributed by atoms with Crippen LogP contribution < -0.4 is 63.3 Å². The smallest absolute Gasteiger partial charge is 1.00 e. The van der Waals surface area contributed by atoms with Gasteiger partial charge in [-0.05, 0) is 0 Å². The van der Waals surface area contributed by atoms with Crippen LogP contribution >= 0.6 is 0 Å². The third-order valence-electron chi connectivity index (χ3n) is 0.0556. The molecule has 0 saturated heterocycles. The van der Waals surface area contributed by atoms with Crippen LogP contribution in [0.3, 0.4) is 0 Å². The van der Waals surface area contributed by atoms with E-state index in [2.05, 4.69) is 2.90 Å². The van der Waals surface area contributed by atoms with Gasteiger partial charge in [0.15, 0.2) is 0 Å². The van der Waals surface area contributed by atoms with Gasteiger partial charge in [-0.1, -0.05) is 0 Å². The minimum absolute atomic E-state index is 0. The van der Waals surface area contributed by atoms with Crippen LogP contribution in [0.2, 0.25) is 0 Å². The largest absolute Gasteiger partial charge is 1.00 e. The summed E-state index contributed by atoms with van der Waals surface area (Å²) in [7, 11) is 0. The second-order valence-corrected chi connectivity index (χ2v) is 2.90. The van der Waals surface area contributed by atoms with Crippen LogP contribution in [0.4, 0.5) is 0 Å². The minimum atomic E-state index is -3.10. The Morgan fingerprint density at radius 3 is 1.71 bits per heavy atom. The Bertz CT molecular complexity index is 46.2. The summed E-state index contributed by atoms with van der Waals surface area (Å²) in [6.07, 6.45) is 0. The summed E-state index contributed by atoms with van der Waals surface area (Å²) in [6, 6.07) is 0. The Morgan fingerprint density at radius 2 is 1.71 bits per heavy atom. The Kier molecular flexibility index (Phi) is 27.0. The summed E-state index contributed by atoms with van der Waals surface area (Å²) in [6.45, 7) is 0. The monoisotopic (exact) mass is 254 g/mol. The molecule has 7 heteroatoms. The fourth-order valence-corrected chi connectivity index (χ4v) is 0. The molecular weight excluding hydrogens is 252 g/mol. The van der Waals surface area contributed by atoms with Crippen molar-refractivity contribution >= 4 is 30.8 Å². The van der Waals surface area contributed by atoms with Gasteiger partial charge in [0.2, 0.25) is 0 Å². The first-order chi connectivity index (χ1) is 2.27.